The van der Waals surface area contributed by atoms with Crippen LogP contribution in [-0.2, 0) is 14.3 Å². The number of unbranched alkanes of at least 4 members (excludes halogenated alkanes) is 51. The van der Waals surface area contributed by atoms with E-state index in [0.29, 0.717) is 12.8 Å². The standard InChI is InChI=1S/C67H133NO8/c1-3-5-7-9-11-13-15-17-18-19-20-21-22-23-24-25-26-27-28-29-30-31-32-33-34-35-36-37-38-39-40-41-42-43-44-45-47-49-51-53-55-57-63(71)68-60(59-75-67-66(74)65(73)64(72)62(58-69)76-67)61(70)56-54-52-50-48-46-16-14-12-10-8-6-4-2/h60-62,64-67,69-70,72-74H,3-59H2,1-2H3,(H,68,71). The minimum Gasteiger partial charge on any atom is -0.394 e. The van der Waals surface area contributed by atoms with Gasteiger partial charge in [0.15, 0.2) is 6.29 Å². The monoisotopic (exact) mass is 1080 g/mol. The molecule has 7 atom stereocenters. The van der Waals surface area contributed by atoms with Gasteiger partial charge in [0.2, 0.25) is 5.91 Å². The highest BCUT2D eigenvalue weighted by molar-refractivity contribution is 5.76. The summed E-state index contributed by atoms with van der Waals surface area (Å²) in [5, 5.41) is 54.6. The van der Waals surface area contributed by atoms with E-state index in [4.69, 9.17) is 9.47 Å². The summed E-state index contributed by atoms with van der Waals surface area (Å²) < 4.78 is 11.3. The summed E-state index contributed by atoms with van der Waals surface area (Å²) in [4.78, 5) is 13.1. The van der Waals surface area contributed by atoms with Gasteiger partial charge in [-0.3, -0.25) is 4.79 Å². The predicted molar refractivity (Wildman–Crippen MR) is 323 cm³/mol. The number of aliphatic hydroxyl groups excluding tert-OH is 5. The molecule has 1 fully saturated rings. The first kappa shape index (κ1) is 73.2. The van der Waals surface area contributed by atoms with Gasteiger partial charge in [-0.2, -0.15) is 0 Å². The smallest absolute Gasteiger partial charge is 0.220 e. The van der Waals surface area contributed by atoms with Crippen molar-refractivity contribution in [2.45, 2.75) is 410 Å². The van der Waals surface area contributed by atoms with Crippen LogP contribution < -0.4 is 5.32 Å². The number of nitrogens with one attached hydrogen (secondary N) is 1. The van der Waals surface area contributed by atoms with Crippen molar-refractivity contribution in [1.82, 2.24) is 5.32 Å². The Bertz CT molecular complexity index is 1160. The van der Waals surface area contributed by atoms with Gasteiger partial charge in [-0.05, 0) is 12.8 Å². The molecule has 1 heterocycles. The van der Waals surface area contributed by atoms with Crippen molar-refractivity contribution < 1.29 is 39.8 Å². The van der Waals surface area contributed by atoms with E-state index in [0.717, 1.165) is 38.5 Å². The maximum Gasteiger partial charge on any atom is 0.220 e. The zero-order valence-electron chi connectivity index (χ0n) is 50.8. The molecule has 9 heteroatoms. The first-order chi connectivity index (χ1) is 37.3. The molecule has 9 nitrogen and oxygen atoms in total. The number of carbonyl (C=O) groups excluding carboxylic acids is 1. The molecule has 76 heavy (non-hydrogen) atoms. The Morgan fingerprint density at radius 1 is 0.395 bits per heavy atom. The van der Waals surface area contributed by atoms with E-state index in [9.17, 15) is 30.3 Å². The third-order valence-corrected chi connectivity index (χ3v) is 17.0. The molecule has 0 aromatic rings. The molecule has 7 unspecified atom stereocenters. The minimum absolute atomic E-state index is 0.131. The van der Waals surface area contributed by atoms with Crippen molar-refractivity contribution in [3.63, 3.8) is 0 Å². The fraction of sp³-hybridized carbons (Fsp3) is 0.985. The Labute approximate surface area is 472 Å². The largest absolute Gasteiger partial charge is 0.394 e. The average Bonchev–Trinajstić information content (AvgIpc) is 3.42. The molecular formula is C67H133NO8. The lowest BCUT2D eigenvalue weighted by molar-refractivity contribution is -0.302. The number of rotatable bonds is 61. The molecule has 0 spiro atoms. The van der Waals surface area contributed by atoms with E-state index in [1.165, 1.54) is 302 Å². The van der Waals surface area contributed by atoms with E-state index in [2.05, 4.69) is 19.2 Å². The van der Waals surface area contributed by atoms with Crippen molar-refractivity contribution in [1.29, 1.82) is 0 Å². The molecule has 0 bridgehead atoms. The molecule has 0 radical (unpaired) electrons. The lowest BCUT2D eigenvalue weighted by Gasteiger charge is -2.40. The van der Waals surface area contributed by atoms with Crippen LogP contribution in [0.2, 0.25) is 0 Å². The Balaban J connectivity index is 1.96. The Morgan fingerprint density at radius 2 is 0.658 bits per heavy atom. The summed E-state index contributed by atoms with van der Waals surface area (Å²) in [6.07, 6.45) is 65.0. The molecule has 6 N–H and O–H groups in total. The fourth-order valence-electron chi connectivity index (χ4n) is 11.6. The second-order valence-corrected chi connectivity index (χ2v) is 24.3. The van der Waals surface area contributed by atoms with E-state index in [-0.39, 0.29) is 12.5 Å². The van der Waals surface area contributed by atoms with Gasteiger partial charge in [-0.25, -0.2) is 0 Å². The average molecular weight is 1080 g/mol. The third kappa shape index (κ3) is 45.9. The van der Waals surface area contributed by atoms with Gasteiger partial charge >= 0.3 is 0 Å². The van der Waals surface area contributed by atoms with Gasteiger partial charge in [0.25, 0.3) is 0 Å². The van der Waals surface area contributed by atoms with Gasteiger partial charge in [-0.15, -0.1) is 0 Å². The lowest BCUT2D eigenvalue weighted by Crippen LogP contribution is -2.60. The van der Waals surface area contributed by atoms with Crippen molar-refractivity contribution in [2.75, 3.05) is 13.2 Å². The van der Waals surface area contributed by atoms with Gasteiger partial charge in [0.1, 0.15) is 24.4 Å². The molecule has 0 aliphatic carbocycles. The number of hydrogen-bond donors (Lipinski definition) is 6. The number of amides is 1. The lowest BCUT2D eigenvalue weighted by atomic mass is 9.99. The Hall–Kier alpha value is -0.810. The second kappa shape index (κ2) is 57.4. The van der Waals surface area contributed by atoms with Crippen LogP contribution >= 0.6 is 0 Å². The number of carbonyl (C=O) groups is 1. The van der Waals surface area contributed by atoms with Crippen LogP contribution in [0.3, 0.4) is 0 Å². The molecule has 0 saturated carbocycles. The Morgan fingerprint density at radius 3 is 0.934 bits per heavy atom. The normalized spacial score (nSPS) is 18.6. The molecule has 1 aliphatic rings. The zero-order valence-corrected chi connectivity index (χ0v) is 50.8. The van der Waals surface area contributed by atoms with Crippen LogP contribution in [0.4, 0.5) is 0 Å². The highest BCUT2D eigenvalue weighted by Gasteiger charge is 2.44. The van der Waals surface area contributed by atoms with E-state index in [1.807, 2.05) is 0 Å². The summed E-state index contributed by atoms with van der Waals surface area (Å²) in [5.41, 5.74) is 0. The highest BCUT2D eigenvalue weighted by Crippen LogP contribution is 2.24. The number of hydrogen-bond acceptors (Lipinski definition) is 8. The molecule has 0 aromatic heterocycles. The molecule has 1 aliphatic heterocycles. The van der Waals surface area contributed by atoms with Gasteiger partial charge < -0.3 is 40.3 Å². The van der Waals surface area contributed by atoms with Gasteiger partial charge in [0.05, 0.1) is 25.4 Å². The number of ether oxygens (including phenoxy) is 2. The summed E-state index contributed by atoms with van der Waals surface area (Å²) in [7, 11) is 0. The SMILES string of the molecule is CCCCCCCCCCCCCCCCCCCCCCCCCCCCCCCCCCCCCCCCCCCC(=O)NC(COC1OC(CO)C(O)C(O)C1O)C(O)CCCCCCCCCCCCCC. The molecule has 1 saturated heterocycles. The topological polar surface area (TPSA) is 149 Å². The van der Waals surface area contributed by atoms with Crippen LogP contribution in [-0.4, -0.2) is 87.5 Å². The maximum absolute atomic E-state index is 13.1. The van der Waals surface area contributed by atoms with Crippen molar-refractivity contribution in [3.05, 3.63) is 0 Å². The fourth-order valence-corrected chi connectivity index (χ4v) is 11.6. The van der Waals surface area contributed by atoms with Gasteiger partial charge in [0, 0.05) is 6.42 Å². The Kier molecular flexibility index (Phi) is 55.3. The quantitative estimate of drug-likeness (QED) is 0.0330. The van der Waals surface area contributed by atoms with Crippen molar-refractivity contribution in [2.24, 2.45) is 0 Å². The van der Waals surface area contributed by atoms with Crippen LogP contribution in [0, 0.1) is 0 Å². The molecule has 0 aromatic carbocycles. The summed E-state index contributed by atoms with van der Waals surface area (Å²) in [6, 6.07) is -0.713. The van der Waals surface area contributed by atoms with Crippen LogP contribution in [0.25, 0.3) is 0 Å². The molecule has 1 rings (SSSR count). The van der Waals surface area contributed by atoms with Crippen LogP contribution in [0.15, 0.2) is 0 Å². The number of aliphatic hydroxyl groups is 5. The van der Waals surface area contributed by atoms with E-state index >= 15 is 0 Å². The van der Waals surface area contributed by atoms with Crippen molar-refractivity contribution >= 4 is 5.91 Å². The molecule has 454 valence electrons. The third-order valence-electron chi connectivity index (χ3n) is 17.0. The predicted octanol–water partition coefficient (Wildman–Crippen LogP) is 18.1. The van der Waals surface area contributed by atoms with Crippen LogP contribution in [0.5, 0.6) is 0 Å². The highest BCUT2D eigenvalue weighted by atomic mass is 16.7. The summed E-state index contributed by atoms with van der Waals surface area (Å²) in [5.74, 6) is -0.136. The van der Waals surface area contributed by atoms with E-state index < -0.39 is 49.5 Å². The first-order valence-electron chi connectivity index (χ1n) is 34.2. The van der Waals surface area contributed by atoms with Crippen molar-refractivity contribution in [3.8, 4) is 0 Å². The van der Waals surface area contributed by atoms with E-state index in [1.54, 1.807) is 0 Å². The maximum atomic E-state index is 13.1. The summed E-state index contributed by atoms with van der Waals surface area (Å²) in [6.45, 7) is 3.88. The van der Waals surface area contributed by atoms with Gasteiger partial charge in [-0.1, -0.05) is 348 Å². The zero-order chi connectivity index (χ0) is 55.0. The van der Waals surface area contributed by atoms with Crippen LogP contribution in [0.1, 0.15) is 367 Å². The first-order valence-corrected chi connectivity index (χ1v) is 34.2. The molecular weight excluding hydrogens is 947 g/mol. The molecule has 1 amide bonds. The minimum atomic E-state index is -1.55. The summed E-state index contributed by atoms with van der Waals surface area (Å²) >= 11 is 0. The second-order valence-electron chi connectivity index (χ2n) is 24.3.